The minimum Gasteiger partial charge on any atom is -0.444 e. The number of piperazine rings is 1. The number of hydrogen-bond donors (Lipinski definition) is 2. The van der Waals surface area contributed by atoms with Crippen LogP contribution in [-0.4, -0.2) is 42.8 Å². The second-order valence-electron chi connectivity index (χ2n) is 7.30. The lowest BCUT2D eigenvalue weighted by Gasteiger charge is -2.28. The minimum absolute atomic E-state index is 0.399. The van der Waals surface area contributed by atoms with E-state index >= 15 is 0 Å². The van der Waals surface area contributed by atoms with Crippen molar-refractivity contribution in [2.75, 3.05) is 31.5 Å². The van der Waals surface area contributed by atoms with Crippen molar-refractivity contribution in [3.8, 4) is 0 Å². The van der Waals surface area contributed by atoms with Gasteiger partial charge in [0.15, 0.2) is 0 Å². The van der Waals surface area contributed by atoms with Crippen molar-refractivity contribution in [1.29, 1.82) is 0 Å². The Morgan fingerprint density at radius 2 is 1.92 bits per heavy atom. The average molecular weight is 445 g/mol. The summed E-state index contributed by atoms with van der Waals surface area (Å²) in [6.45, 7) is 14.8. The number of halogens is 1. The Labute approximate surface area is 158 Å². The molecule has 1 fully saturated rings. The smallest absolute Gasteiger partial charge is 0.412 e. The Kier molecular flexibility index (Phi) is 6.50. The van der Waals surface area contributed by atoms with Gasteiger partial charge in [0.25, 0.3) is 0 Å². The number of carbonyl (C=O) groups excluding carboxylic acids is 1. The number of amides is 1. The summed E-state index contributed by atoms with van der Waals surface area (Å²) in [6, 6.07) is 2.23. The second kappa shape index (κ2) is 8.01. The van der Waals surface area contributed by atoms with E-state index in [0.717, 1.165) is 53.1 Å². The molecule has 2 N–H and O–H groups in total. The molecule has 0 spiro atoms. The summed E-state index contributed by atoms with van der Waals surface area (Å²) in [6.07, 6.45) is -0.399. The van der Waals surface area contributed by atoms with Crippen LogP contribution in [0.5, 0.6) is 0 Å². The molecule has 0 atom stereocenters. The van der Waals surface area contributed by atoms with Crippen LogP contribution in [0.1, 0.15) is 37.5 Å². The lowest BCUT2D eigenvalue weighted by molar-refractivity contribution is 0.0635. The fraction of sp³-hybridized carbons (Fsp3) is 0.611. The van der Waals surface area contributed by atoms with E-state index in [1.807, 2.05) is 27.7 Å². The number of ether oxygens (including phenoxy) is 1. The van der Waals surface area contributed by atoms with Crippen LogP contribution in [0, 0.1) is 17.4 Å². The van der Waals surface area contributed by atoms with Crippen molar-refractivity contribution in [1.82, 2.24) is 10.2 Å². The quantitative estimate of drug-likeness (QED) is 0.698. The zero-order valence-electron chi connectivity index (χ0n) is 15.3. The second-order valence-corrected chi connectivity index (χ2v) is 8.46. The largest absolute Gasteiger partial charge is 0.444 e. The third-order valence-electron chi connectivity index (χ3n) is 4.12. The molecular formula is C18H28IN3O2. The number of hydrogen-bond acceptors (Lipinski definition) is 4. The third kappa shape index (κ3) is 5.32. The highest BCUT2D eigenvalue weighted by Gasteiger charge is 2.20. The zero-order chi connectivity index (χ0) is 17.9. The maximum atomic E-state index is 12.2. The van der Waals surface area contributed by atoms with E-state index < -0.39 is 11.7 Å². The van der Waals surface area contributed by atoms with E-state index in [-0.39, 0.29) is 0 Å². The van der Waals surface area contributed by atoms with Gasteiger partial charge in [-0.1, -0.05) is 0 Å². The fourth-order valence-electron chi connectivity index (χ4n) is 2.80. The molecule has 0 radical (unpaired) electrons. The maximum Gasteiger partial charge on any atom is 0.412 e. The third-order valence-corrected chi connectivity index (χ3v) is 5.24. The van der Waals surface area contributed by atoms with Gasteiger partial charge in [-0.15, -0.1) is 0 Å². The number of nitrogens with zero attached hydrogens (tertiary/aromatic N) is 1. The lowest BCUT2D eigenvalue weighted by atomic mass is 10.0. The molecule has 5 nitrogen and oxygen atoms in total. The first kappa shape index (κ1) is 19.5. The summed E-state index contributed by atoms with van der Waals surface area (Å²) < 4.78 is 6.57. The fourth-order valence-corrected chi connectivity index (χ4v) is 3.44. The summed E-state index contributed by atoms with van der Waals surface area (Å²) in [5, 5.41) is 6.33. The average Bonchev–Trinajstić information content (AvgIpc) is 2.48. The van der Waals surface area contributed by atoms with Gasteiger partial charge in [0.05, 0.1) is 5.69 Å². The summed E-state index contributed by atoms with van der Waals surface area (Å²) in [5.74, 6) is 0. The van der Waals surface area contributed by atoms with Crippen molar-refractivity contribution < 1.29 is 9.53 Å². The lowest BCUT2D eigenvalue weighted by Crippen LogP contribution is -2.43. The van der Waals surface area contributed by atoms with Crippen LogP contribution in [0.15, 0.2) is 6.07 Å². The van der Waals surface area contributed by atoms with Crippen molar-refractivity contribution >= 4 is 34.4 Å². The van der Waals surface area contributed by atoms with Crippen molar-refractivity contribution in [3.05, 3.63) is 26.3 Å². The molecule has 1 aliphatic heterocycles. The van der Waals surface area contributed by atoms with Crippen LogP contribution in [0.25, 0.3) is 0 Å². The van der Waals surface area contributed by atoms with E-state index in [1.165, 1.54) is 5.56 Å². The molecule has 1 aromatic carbocycles. The predicted octanol–water partition coefficient (Wildman–Crippen LogP) is 3.66. The van der Waals surface area contributed by atoms with Crippen LogP contribution < -0.4 is 10.6 Å². The molecule has 0 aromatic heterocycles. The van der Waals surface area contributed by atoms with Gasteiger partial charge in [0, 0.05) is 36.3 Å². The summed E-state index contributed by atoms with van der Waals surface area (Å²) >= 11 is 2.34. The first-order valence-corrected chi connectivity index (χ1v) is 9.47. The van der Waals surface area contributed by atoms with Gasteiger partial charge in [0.1, 0.15) is 5.60 Å². The first-order chi connectivity index (χ1) is 11.2. The number of nitrogens with one attached hydrogen (secondary N) is 2. The van der Waals surface area contributed by atoms with Crippen molar-refractivity contribution in [2.24, 2.45) is 0 Å². The maximum absolute atomic E-state index is 12.2. The van der Waals surface area contributed by atoms with E-state index in [9.17, 15) is 4.79 Å². The highest BCUT2D eigenvalue weighted by atomic mass is 127. The molecular weight excluding hydrogens is 417 g/mol. The first-order valence-electron chi connectivity index (χ1n) is 8.39. The highest BCUT2D eigenvalue weighted by molar-refractivity contribution is 14.1. The van der Waals surface area contributed by atoms with Gasteiger partial charge in [-0.2, -0.15) is 0 Å². The Morgan fingerprint density at radius 1 is 1.29 bits per heavy atom. The molecule has 24 heavy (non-hydrogen) atoms. The number of benzene rings is 1. The van der Waals surface area contributed by atoms with Gasteiger partial charge in [-0.05, 0) is 80.0 Å². The Bertz CT molecular complexity index is 605. The van der Waals surface area contributed by atoms with Gasteiger partial charge in [0.2, 0.25) is 0 Å². The van der Waals surface area contributed by atoms with Crippen LogP contribution >= 0.6 is 22.6 Å². The Balaban J connectivity index is 2.22. The molecule has 6 heteroatoms. The highest BCUT2D eigenvalue weighted by Crippen LogP contribution is 2.30. The molecule has 0 bridgehead atoms. The van der Waals surface area contributed by atoms with Crippen LogP contribution in [-0.2, 0) is 11.3 Å². The SMILES string of the molecule is Cc1c(I)cc(CN2CCNCC2)c(C)c1NC(=O)OC(C)(C)C. The van der Waals surface area contributed by atoms with Crippen LogP contribution in [0.3, 0.4) is 0 Å². The number of rotatable bonds is 3. The van der Waals surface area contributed by atoms with Crippen molar-refractivity contribution in [3.63, 3.8) is 0 Å². The molecule has 2 rings (SSSR count). The summed E-state index contributed by atoms with van der Waals surface area (Å²) in [4.78, 5) is 14.6. The van der Waals surface area contributed by atoms with E-state index in [1.54, 1.807) is 0 Å². The monoisotopic (exact) mass is 445 g/mol. The zero-order valence-corrected chi connectivity index (χ0v) is 17.4. The van der Waals surface area contributed by atoms with Gasteiger partial charge < -0.3 is 10.1 Å². The number of anilines is 1. The van der Waals surface area contributed by atoms with E-state index in [0.29, 0.717) is 0 Å². The molecule has 0 aliphatic carbocycles. The van der Waals surface area contributed by atoms with Crippen LogP contribution in [0.2, 0.25) is 0 Å². The topological polar surface area (TPSA) is 53.6 Å². The summed E-state index contributed by atoms with van der Waals surface area (Å²) in [5.41, 5.74) is 3.84. The van der Waals surface area contributed by atoms with Gasteiger partial charge in [-0.25, -0.2) is 4.79 Å². The summed E-state index contributed by atoms with van der Waals surface area (Å²) in [7, 11) is 0. The van der Waals surface area contributed by atoms with Gasteiger partial charge >= 0.3 is 6.09 Å². The minimum atomic E-state index is -0.503. The Hall–Kier alpha value is -0.860. The molecule has 1 saturated heterocycles. The molecule has 0 unspecified atom stereocenters. The Morgan fingerprint density at radius 3 is 2.50 bits per heavy atom. The van der Waals surface area contributed by atoms with E-state index in [2.05, 4.69) is 51.1 Å². The standard InChI is InChI=1S/C18H28IN3O2/c1-12-14(11-22-8-6-20-7-9-22)10-15(19)13(2)16(12)21-17(23)24-18(3,4)5/h10,20H,6-9,11H2,1-5H3,(H,21,23). The molecule has 1 aromatic rings. The molecule has 1 amide bonds. The molecule has 1 aliphatic rings. The predicted molar refractivity (Wildman–Crippen MR) is 107 cm³/mol. The molecule has 1 heterocycles. The molecule has 134 valence electrons. The van der Waals surface area contributed by atoms with Crippen molar-refractivity contribution in [2.45, 2.75) is 46.8 Å². The van der Waals surface area contributed by atoms with Gasteiger partial charge in [-0.3, -0.25) is 10.2 Å². The number of carbonyl (C=O) groups is 1. The molecule has 0 saturated carbocycles. The van der Waals surface area contributed by atoms with Crippen LogP contribution in [0.4, 0.5) is 10.5 Å². The van der Waals surface area contributed by atoms with E-state index in [4.69, 9.17) is 4.74 Å². The normalized spacial score (nSPS) is 16.1.